The largest absolute Gasteiger partial charge is 0.486 e. The summed E-state index contributed by atoms with van der Waals surface area (Å²) in [5, 5.41) is 4.56. The lowest BCUT2D eigenvalue weighted by atomic mass is 10.0. The van der Waals surface area contributed by atoms with Gasteiger partial charge in [0.15, 0.2) is 11.5 Å². The molecule has 134 valence electrons. The number of aromatic nitrogens is 2. The number of ether oxygens (including phenoxy) is 3. The van der Waals surface area contributed by atoms with Crippen molar-refractivity contribution in [2.45, 2.75) is 32.4 Å². The van der Waals surface area contributed by atoms with E-state index in [9.17, 15) is 0 Å². The number of aryl methyl sites for hydroxylation is 2. The Bertz CT molecular complexity index is 772. The highest BCUT2D eigenvalue weighted by atomic mass is 16.6. The first kappa shape index (κ1) is 16.3. The predicted molar refractivity (Wildman–Crippen MR) is 94.3 cm³/mol. The van der Waals surface area contributed by atoms with Gasteiger partial charge in [-0.2, -0.15) is 5.10 Å². The molecular formula is C19H25N3O3. The summed E-state index contributed by atoms with van der Waals surface area (Å²) in [5.41, 5.74) is 3.44. The van der Waals surface area contributed by atoms with E-state index in [0.29, 0.717) is 19.3 Å². The SMILES string of the molecule is COc1c(C2CCCN2Cc2cccc3c2OCCO3)c(C)nn1C. The van der Waals surface area contributed by atoms with E-state index in [1.54, 1.807) is 7.11 Å². The van der Waals surface area contributed by atoms with Crippen molar-refractivity contribution in [2.24, 2.45) is 7.05 Å². The van der Waals surface area contributed by atoms with E-state index in [1.165, 1.54) is 17.5 Å². The number of fused-ring (bicyclic) bond motifs is 1. The maximum Gasteiger partial charge on any atom is 0.216 e. The second-order valence-electron chi connectivity index (χ2n) is 6.70. The molecule has 2 aliphatic rings. The smallest absolute Gasteiger partial charge is 0.216 e. The van der Waals surface area contributed by atoms with Crippen LogP contribution in [-0.2, 0) is 13.6 Å². The fourth-order valence-electron chi connectivity index (χ4n) is 4.10. The van der Waals surface area contributed by atoms with E-state index in [-0.39, 0.29) is 0 Å². The van der Waals surface area contributed by atoms with Crippen LogP contribution in [0.3, 0.4) is 0 Å². The molecule has 6 heteroatoms. The van der Waals surface area contributed by atoms with Gasteiger partial charge in [0.1, 0.15) is 13.2 Å². The highest BCUT2D eigenvalue weighted by molar-refractivity contribution is 5.47. The van der Waals surface area contributed by atoms with Gasteiger partial charge in [0.2, 0.25) is 5.88 Å². The van der Waals surface area contributed by atoms with E-state index in [0.717, 1.165) is 42.6 Å². The fraction of sp³-hybridized carbons (Fsp3) is 0.526. The van der Waals surface area contributed by atoms with Crippen molar-refractivity contribution < 1.29 is 14.2 Å². The lowest BCUT2D eigenvalue weighted by molar-refractivity contribution is 0.165. The van der Waals surface area contributed by atoms with Crippen LogP contribution in [-0.4, -0.2) is 41.5 Å². The van der Waals surface area contributed by atoms with Gasteiger partial charge in [-0.3, -0.25) is 4.90 Å². The highest BCUT2D eigenvalue weighted by Crippen LogP contribution is 2.41. The molecule has 1 aromatic carbocycles. The molecule has 0 N–H and O–H groups in total. The Morgan fingerprint density at radius 2 is 2.12 bits per heavy atom. The molecule has 2 aromatic rings. The summed E-state index contributed by atoms with van der Waals surface area (Å²) < 4.78 is 19.1. The molecule has 0 saturated carbocycles. The minimum atomic E-state index is 0.323. The molecule has 0 spiro atoms. The first-order valence-corrected chi connectivity index (χ1v) is 8.88. The Labute approximate surface area is 148 Å². The van der Waals surface area contributed by atoms with Crippen molar-refractivity contribution in [3.05, 3.63) is 35.0 Å². The monoisotopic (exact) mass is 343 g/mol. The summed E-state index contributed by atoms with van der Waals surface area (Å²) in [5.74, 6) is 2.62. The number of rotatable bonds is 4. The molecule has 0 amide bonds. The molecule has 25 heavy (non-hydrogen) atoms. The molecule has 0 radical (unpaired) electrons. The Kier molecular flexibility index (Phi) is 4.29. The molecular weight excluding hydrogens is 318 g/mol. The molecule has 0 aliphatic carbocycles. The maximum absolute atomic E-state index is 5.89. The normalized spacial score (nSPS) is 20.0. The number of hydrogen-bond donors (Lipinski definition) is 0. The van der Waals surface area contributed by atoms with Gasteiger partial charge in [0, 0.05) is 25.2 Å². The number of nitrogens with zero attached hydrogens (tertiary/aromatic N) is 3. The van der Waals surface area contributed by atoms with Crippen LogP contribution in [0.2, 0.25) is 0 Å². The molecule has 0 bridgehead atoms. The second kappa shape index (κ2) is 6.59. The van der Waals surface area contributed by atoms with Crippen molar-refractivity contribution in [2.75, 3.05) is 26.9 Å². The van der Waals surface area contributed by atoms with Gasteiger partial charge in [0.05, 0.1) is 18.4 Å². The Balaban J connectivity index is 1.63. The van der Waals surface area contributed by atoms with Gasteiger partial charge in [-0.25, -0.2) is 4.68 Å². The molecule has 1 fully saturated rings. The third-order valence-electron chi connectivity index (χ3n) is 5.13. The predicted octanol–water partition coefficient (Wildman–Crippen LogP) is 2.85. The van der Waals surface area contributed by atoms with Crippen molar-refractivity contribution in [1.29, 1.82) is 0 Å². The Hall–Kier alpha value is -2.21. The van der Waals surface area contributed by atoms with E-state index in [1.807, 2.05) is 23.9 Å². The summed E-state index contributed by atoms with van der Waals surface area (Å²) in [6.45, 7) is 5.20. The van der Waals surface area contributed by atoms with E-state index in [4.69, 9.17) is 14.2 Å². The van der Waals surface area contributed by atoms with Gasteiger partial charge in [-0.15, -0.1) is 0 Å². The summed E-state index contributed by atoms with van der Waals surface area (Å²) in [4.78, 5) is 2.50. The van der Waals surface area contributed by atoms with Crippen molar-refractivity contribution in [1.82, 2.24) is 14.7 Å². The standard InChI is InChI=1S/C19H25N3O3/c1-13-17(19(23-3)21(2)20-13)15-7-5-9-22(15)12-14-6-4-8-16-18(14)25-11-10-24-16/h4,6,8,15H,5,7,9-12H2,1-3H3. The lowest BCUT2D eigenvalue weighted by Gasteiger charge is -2.27. The molecule has 2 aliphatic heterocycles. The minimum Gasteiger partial charge on any atom is -0.486 e. The fourth-order valence-corrected chi connectivity index (χ4v) is 4.10. The molecule has 1 unspecified atom stereocenters. The number of methoxy groups -OCH3 is 1. The minimum absolute atomic E-state index is 0.323. The van der Waals surface area contributed by atoms with Crippen molar-refractivity contribution >= 4 is 0 Å². The average Bonchev–Trinajstić information content (AvgIpc) is 3.18. The zero-order valence-electron chi connectivity index (χ0n) is 15.1. The van der Waals surface area contributed by atoms with Crippen molar-refractivity contribution in [3.8, 4) is 17.4 Å². The van der Waals surface area contributed by atoms with Gasteiger partial charge in [0.25, 0.3) is 0 Å². The molecule has 1 atom stereocenters. The molecule has 1 aromatic heterocycles. The van der Waals surface area contributed by atoms with Crippen LogP contribution < -0.4 is 14.2 Å². The third-order valence-corrected chi connectivity index (χ3v) is 5.13. The molecule has 1 saturated heterocycles. The quantitative estimate of drug-likeness (QED) is 0.854. The first-order valence-electron chi connectivity index (χ1n) is 8.88. The summed E-state index contributed by atoms with van der Waals surface area (Å²) in [7, 11) is 3.66. The van der Waals surface area contributed by atoms with E-state index in [2.05, 4.69) is 23.0 Å². The zero-order chi connectivity index (χ0) is 17.4. The van der Waals surface area contributed by atoms with Crippen LogP contribution in [0.5, 0.6) is 17.4 Å². The second-order valence-corrected chi connectivity index (χ2v) is 6.70. The highest BCUT2D eigenvalue weighted by Gasteiger charge is 2.33. The van der Waals surface area contributed by atoms with Crippen molar-refractivity contribution in [3.63, 3.8) is 0 Å². The summed E-state index contributed by atoms with van der Waals surface area (Å²) >= 11 is 0. The Morgan fingerprint density at radius 3 is 2.96 bits per heavy atom. The zero-order valence-corrected chi connectivity index (χ0v) is 15.1. The number of para-hydroxylation sites is 1. The lowest BCUT2D eigenvalue weighted by Crippen LogP contribution is -2.25. The van der Waals surface area contributed by atoms with Crippen LogP contribution in [0.1, 0.15) is 35.7 Å². The van der Waals surface area contributed by atoms with Gasteiger partial charge in [-0.1, -0.05) is 12.1 Å². The van der Waals surface area contributed by atoms with E-state index >= 15 is 0 Å². The number of likely N-dealkylation sites (tertiary alicyclic amines) is 1. The van der Waals surface area contributed by atoms with Crippen LogP contribution in [0, 0.1) is 6.92 Å². The average molecular weight is 343 g/mol. The number of hydrogen-bond acceptors (Lipinski definition) is 5. The van der Waals surface area contributed by atoms with Crippen LogP contribution in [0.4, 0.5) is 0 Å². The van der Waals surface area contributed by atoms with E-state index < -0.39 is 0 Å². The maximum atomic E-state index is 5.89. The van der Waals surface area contributed by atoms with Gasteiger partial charge < -0.3 is 14.2 Å². The number of benzene rings is 1. The summed E-state index contributed by atoms with van der Waals surface area (Å²) in [6, 6.07) is 6.48. The molecule has 6 nitrogen and oxygen atoms in total. The summed E-state index contributed by atoms with van der Waals surface area (Å²) in [6.07, 6.45) is 2.30. The Morgan fingerprint density at radius 1 is 1.28 bits per heavy atom. The van der Waals surface area contributed by atoms with Crippen LogP contribution in [0.25, 0.3) is 0 Å². The van der Waals surface area contributed by atoms with Crippen LogP contribution in [0.15, 0.2) is 18.2 Å². The molecule has 4 rings (SSSR count). The third kappa shape index (κ3) is 2.84. The topological polar surface area (TPSA) is 48.8 Å². The van der Waals surface area contributed by atoms with Crippen LogP contribution >= 0.6 is 0 Å². The van der Waals surface area contributed by atoms with Gasteiger partial charge in [-0.05, 0) is 32.4 Å². The van der Waals surface area contributed by atoms with Gasteiger partial charge >= 0.3 is 0 Å². The first-order chi connectivity index (χ1) is 12.2. The molecule has 3 heterocycles.